The van der Waals surface area contributed by atoms with Crippen molar-refractivity contribution in [2.75, 3.05) is 7.05 Å². The van der Waals surface area contributed by atoms with Crippen LogP contribution in [0.1, 0.15) is 54.7 Å². The third kappa shape index (κ3) is 3.67. The van der Waals surface area contributed by atoms with E-state index in [1.807, 2.05) is 25.5 Å². The Labute approximate surface area is 160 Å². The molecule has 1 atom stereocenters. The Morgan fingerprint density at radius 2 is 1.85 bits per heavy atom. The largest absolute Gasteiger partial charge is 0.339 e. The molecular formula is C17H24BrF2N5O. The molecule has 6 nitrogen and oxygen atoms in total. The van der Waals surface area contributed by atoms with Crippen LogP contribution in [0.3, 0.4) is 0 Å². The van der Waals surface area contributed by atoms with Crippen molar-refractivity contribution in [1.82, 2.24) is 24.5 Å². The number of hydrogen-bond donors (Lipinski definition) is 0. The highest BCUT2D eigenvalue weighted by atomic mass is 79.9. The van der Waals surface area contributed by atoms with Crippen LogP contribution in [-0.2, 0) is 17.9 Å². The fourth-order valence-corrected chi connectivity index (χ4v) is 3.48. The van der Waals surface area contributed by atoms with E-state index in [4.69, 9.17) is 0 Å². The summed E-state index contributed by atoms with van der Waals surface area (Å²) in [5.74, 6) is -0.202. The summed E-state index contributed by atoms with van der Waals surface area (Å²) >= 11 is 3.14. The van der Waals surface area contributed by atoms with Crippen molar-refractivity contribution in [2.24, 2.45) is 0 Å². The first kappa shape index (κ1) is 20.5. The topological polar surface area (TPSA) is 56.0 Å². The number of carbonyl (C=O) groups excluding carboxylic acids is 1. The van der Waals surface area contributed by atoms with Crippen LogP contribution in [-0.4, -0.2) is 37.4 Å². The van der Waals surface area contributed by atoms with Crippen molar-refractivity contribution >= 4 is 21.8 Å². The Balaban J connectivity index is 2.23. The summed E-state index contributed by atoms with van der Waals surface area (Å²) in [6, 6.07) is -0.689. The maximum atomic E-state index is 13.0. The van der Waals surface area contributed by atoms with Gasteiger partial charge in [0.1, 0.15) is 11.7 Å². The first-order valence-corrected chi connectivity index (χ1v) is 9.19. The number of alkyl halides is 2. The van der Waals surface area contributed by atoms with E-state index in [1.165, 1.54) is 4.68 Å². The lowest BCUT2D eigenvalue weighted by Gasteiger charge is -2.22. The Kier molecular flexibility index (Phi) is 6.21. The average molecular weight is 432 g/mol. The van der Waals surface area contributed by atoms with Crippen LogP contribution in [0, 0.1) is 20.8 Å². The lowest BCUT2D eigenvalue weighted by molar-refractivity contribution is -0.133. The van der Waals surface area contributed by atoms with Crippen LogP contribution in [0.2, 0.25) is 0 Å². The van der Waals surface area contributed by atoms with Gasteiger partial charge in [-0.25, -0.2) is 8.78 Å². The molecule has 0 saturated carbocycles. The zero-order valence-electron chi connectivity index (χ0n) is 15.8. The van der Waals surface area contributed by atoms with E-state index >= 15 is 0 Å². The fourth-order valence-electron chi connectivity index (χ4n) is 3.05. The van der Waals surface area contributed by atoms with Crippen molar-refractivity contribution in [3.63, 3.8) is 0 Å². The molecule has 0 aliphatic rings. The lowest BCUT2D eigenvalue weighted by atomic mass is 10.1. The number of carbonyl (C=O) groups is 1. The minimum absolute atomic E-state index is 0.202. The Bertz CT molecular complexity index is 815. The molecule has 2 rings (SSSR count). The van der Waals surface area contributed by atoms with E-state index in [2.05, 4.69) is 26.1 Å². The quantitative estimate of drug-likeness (QED) is 0.695. The van der Waals surface area contributed by atoms with Gasteiger partial charge in [-0.15, -0.1) is 0 Å². The van der Waals surface area contributed by atoms with Gasteiger partial charge in [-0.3, -0.25) is 14.2 Å². The molecule has 0 aliphatic carbocycles. The molecular weight excluding hydrogens is 408 g/mol. The summed E-state index contributed by atoms with van der Waals surface area (Å²) < 4.78 is 29.6. The molecule has 0 radical (unpaired) electrons. The zero-order chi connectivity index (χ0) is 19.8. The third-order valence-corrected chi connectivity index (χ3v) is 5.62. The van der Waals surface area contributed by atoms with Crippen LogP contribution in [0.5, 0.6) is 0 Å². The van der Waals surface area contributed by atoms with Crippen molar-refractivity contribution in [3.05, 3.63) is 32.8 Å². The number of aromatic nitrogens is 4. The van der Waals surface area contributed by atoms with Crippen molar-refractivity contribution in [2.45, 2.75) is 60.2 Å². The fraction of sp³-hybridized carbons (Fsp3) is 0.588. The highest BCUT2D eigenvalue weighted by Gasteiger charge is 2.27. The molecule has 26 heavy (non-hydrogen) atoms. The van der Waals surface area contributed by atoms with Crippen molar-refractivity contribution < 1.29 is 13.6 Å². The number of amides is 1. The molecule has 0 spiro atoms. The number of aryl methyl sites for hydroxylation is 2. The SMILES string of the molecule is CCn1nc(C)c(CN(C)C(=O)[C@@H](C)n2nc(C(F)F)c(Br)c2C)c1C. The van der Waals surface area contributed by atoms with Crippen LogP contribution in [0.4, 0.5) is 8.78 Å². The monoisotopic (exact) mass is 431 g/mol. The standard InChI is InChI=1S/C17H24BrF2N5O/c1-7-24-10(3)13(9(2)21-24)8-23(6)17(26)12(5)25-11(4)14(18)15(22-25)16(19)20/h12,16H,7-8H2,1-6H3/t12-/m1/s1. The van der Waals surface area contributed by atoms with Crippen molar-refractivity contribution in [3.8, 4) is 0 Å². The molecule has 0 unspecified atom stereocenters. The van der Waals surface area contributed by atoms with E-state index < -0.39 is 12.5 Å². The first-order valence-electron chi connectivity index (χ1n) is 8.40. The smallest absolute Gasteiger partial charge is 0.283 e. The normalized spacial score (nSPS) is 12.7. The predicted molar refractivity (Wildman–Crippen MR) is 98.2 cm³/mol. The molecule has 144 valence electrons. The van der Waals surface area contributed by atoms with E-state index in [0.717, 1.165) is 23.5 Å². The Hall–Kier alpha value is -1.77. The van der Waals surface area contributed by atoms with Gasteiger partial charge in [0.2, 0.25) is 5.91 Å². The number of hydrogen-bond acceptors (Lipinski definition) is 3. The number of rotatable bonds is 6. The summed E-state index contributed by atoms with van der Waals surface area (Å²) in [6.07, 6.45) is -2.70. The summed E-state index contributed by atoms with van der Waals surface area (Å²) in [6.45, 7) is 10.4. The average Bonchev–Trinajstić information content (AvgIpc) is 3.04. The maximum absolute atomic E-state index is 13.0. The van der Waals surface area contributed by atoms with E-state index in [1.54, 1.807) is 25.8 Å². The minimum atomic E-state index is -2.70. The second-order valence-electron chi connectivity index (χ2n) is 6.37. The van der Waals surface area contributed by atoms with Crippen LogP contribution in [0.15, 0.2) is 4.47 Å². The first-order chi connectivity index (χ1) is 12.1. The molecule has 0 aromatic carbocycles. The van der Waals surface area contributed by atoms with Crippen LogP contribution >= 0.6 is 15.9 Å². The van der Waals surface area contributed by atoms with E-state index in [9.17, 15) is 13.6 Å². The number of nitrogens with zero attached hydrogens (tertiary/aromatic N) is 5. The molecule has 0 N–H and O–H groups in total. The molecule has 0 aliphatic heterocycles. The van der Waals surface area contributed by atoms with Gasteiger partial charge in [0.05, 0.1) is 15.9 Å². The summed E-state index contributed by atoms with van der Waals surface area (Å²) in [5, 5.41) is 8.39. The molecule has 0 fully saturated rings. The Morgan fingerprint density at radius 3 is 2.31 bits per heavy atom. The van der Waals surface area contributed by atoms with Gasteiger partial charge in [-0.05, 0) is 50.5 Å². The van der Waals surface area contributed by atoms with Crippen LogP contribution in [0.25, 0.3) is 0 Å². The van der Waals surface area contributed by atoms with E-state index in [0.29, 0.717) is 12.2 Å². The molecule has 2 aromatic heterocycles. The van der Waals surface area contributed by atoms with Gasteiger partial charge in [-0.2, -0.15) is 10.2 Å². The minimum Gasteiger partial charge on any atom is -0.339 e. The summed E-state index contributed by atoms with van der Waals surface area (Å²) in [7, 11) is 1.70. The molecule has 0 bridgehead atoms. The van der Waals surface area contributed by atoms with Gasteiger partial charge in [0, 0.05) is 31.4 Å². The van der Waals surface area contributed by atoms with Gasteiger partial charge >= 0.3 is 0 Å². The number of halogens is 3. The van der Waals surface area contributed by atoms with Gasteiger partial charge in [0.25, 0.3) is 6.43 Å². The van der Waals surface area contributed by atoms with Gasteiger partial charge < -0.3 is 4.90 Å². The zero-order valence-corrected chi connectivity index (χ0v) is 17.4. The van der Waals surface area contributed by atoms with E-state index in [-0.39, 0.29) is 16.1 Å². The predicted octanol–water partition coefficient (Wildman–Crippen LogP) is 3.94. The molecule has 1 amide bonds. The maximum Gasteiger partial charge on any atom is 0.283 e. The van der Waals surface area contributed by atoms with Gasteiger partial charge in [0.15, 0.2) is 0 Å². The van der Waals surface area contributed by atoms with Crippen molar-refractivity contribution in [1.29, 1.82) is 0 Å². The molecule has 9 heteroatoms. The Morgan fingerprint density at radius 1 is 1.23 bits per heavy atom. The summed E-state index contributed by atoms with van der Waals surface area (Å²) in [4.78, 5) is 14.4. The number of likely N-dealkylation sites (N-methyl/N-ethyl adjacent to an activating group) is 1. The lowest BCUT2D eigenvalue weighted by Crippen LogP contribution is -2.34. The second-order valence-corrected chi connectivity index (χ2v) is 7.16. The van der Waals surface area contributed by atoms with Gasteiger partial charge in [-0.1, -0.05) is 0 Å². The molecule has 2 aromatic rings. The van der Waals surface area contributed by atoms with Crippen LogP contribution < -0.4 is 0 Å². The summed E-state index contributed by atoms with van der Waals surface area (Å²) in [5.41, 5.74) is 3.06. The molecule has 2 heterocycles. The highest BCUT2D eigenvalue weighted by Crippen LogP contribution is 2.31. The third-order valence-electron chi connectivity index (χ3n) is 4.63. The highest BCUT2D eigenvalue weighted by molar-refractivity contribution is 9.10. The molecule has 0 saturated heterocycles. The second kappa shape index (κ2) is 7.85.